The maximum absolute atomic E-state index is 13.4. The summed E-state index contributed by atoms with van der Waals surface area (Å²) in [5.74, 6) is -4.83. The summed E-state index contributed by atoms with van der Waals surface area (Å²) in [5, 5.41) is 5.14. The number of benzene rings is 2. The van der Waals surface area contributed by atoms with Crippen LogP contribution in [0.1, 0.15) is 12.0 Å². The van der Waals surface area contributed by atoms with E-state index in [1.807, 2.05) is 0 Å². The molecule has 0 fully saturated rings. The molecule has 0 aliphatic heterocycles. The lowest BCUT2D eigenvalue weighted by Crippen LogP contribution is -2.25. The van der Waals surface area contributed by atoms with E-state index in [0.717, 1.165) is 17.7 Å². The second kappa shape index (κ2) is 7.62. The molecule has 0 aromatic heterocycles. The third kappa shape index (κ3) is 4.70. The van der Waals surface area contributed by atoms with Crippen molar-refractivity contribution in [3.8, 4) is 0 Å². The van der Waals surface area contributed by atoms with Crippen molar-refractivity contribution in [2.24, 2.45) is 0 Å². The van der Waals surface area contributed by atoms with Gasteiger partial charge in [0.05, 0.1) is 5.69 Å². The second-order valence-electron chi connectivity index (χ2n) is 4.80. The Bertz CT molecular complexity index is 689. The molecule has 122 valence electrons. The first-order valence-corrected chi connectivity index (χ1v) is 6.86. The number of nitrogens with one attached hydrogen (secondary N) is 2. The lowest BCUT2D eigenvalue weighted by molar-refractivity contribution is -0.121. The fourth-order valence-electron chi connectivity index (χ4n) is 1.86. The van der Waals surface area contributed by atoms with Crippen LogP contribution in [-0.2, 0) is 11.3 Å². The van der Waals surface area contributed by atoms with Gasteiger partial charge in [0, 0.05) is 19.5 Å². The highest BCUT2D eigenvalue weighted by Crippen LogP contribution is 2.19. The van der Waals surface area contributed by atoms with Gasteiger partial charge in [0.1, 0.15) is 5.82 Å². The number of rotatable bonds is 6. The number of hydrogen-bond acceptors (Lipinski definition) is 2. The van der Waals surface area contributed by atoms with Crippen LogP contribution < -0.4 is 10.6 Å². The third-order valence-electron chi connectivity index (χ3n) is 3.11. The van der Waals surface area contributed by atoms with Crippen LogP contribution in [0.2, 0.25) is 0 Å². The first kappa shape index (κ1) is 16.8. The van der Waals surface area contributed by atoms with E-state index in [-0.39, 0.29) is 36.9 Å². The molecule has 0 atom stereocenters. The highest BCUT2D eigenvalue weighted by atomic mass is 19.2. The predicted octanol–water partition coefficient (Wildman–Crippen LogP) is 3.36. The number of carbonyl (C=O) groups excluding carboxylic acids is 1. The van der Waals surface area contributed by atoms with Crippen molar-refractivity contribution in [2.75, 3.05) is 11.9 Å². The predicted molar refractivity (Wildman–Crippen MR) is 77.7 cm³/mol. The molecule has 0 radical (unpaired) electrons. The Morgan fingerprint density at radius 1 is 0.913 bits per heavy atom. The average Bonchev–Trinajstić information content (AvgIpc) is 2.54. The summed E-state index contributed by atoms with van der Waals surface area (Å²) in [4.78, 5) is 11.6. The van der Waals surface area contributed by atoms with Crippen molar-refractivity contribution in [1.29, 1.82) is 0 Å². The minimum atomic E-state index is -1.56. The highest BCUT2D eigenvalue weighted by Gasteiger charge is 2.13. The van der Waals surface area contributed by atoms with Gasteiger partial charge in [0.2, 0.25) is 5.91 Å². The molecule has 2 rings (SSSR count). The van der Waals surface area contributed by atoms with Crippen molar-refractivity contribution in [3.05, 3.63) is 65.2 Å². The molecule has 0 aliphatic carbocycles. The topological polar surface area (TPSA) is 41.1 Å². The van der Waals surface area contributed by atoms with Gasteiger partial charge in [0.15, 0.2) is 17.5 Å². The third-order valence-corrected chi connectivity index (χ3v) is 3.11. The molecule has 2 aromatic carbocycles. The Hall–Kier alpha value is -2.57. The van der Waals surface area contributed by atoms with Crippen LogP contribution in [0.4, 0.5) is 23.2 Å². The van der Waals surface area contributed by atoms with Crippen LogP contribution in [0.5, 0.6) is 0 Å². The standard InChI is InChI=1S/C16H14F4N2O/c17-11-3-1-10(2-4-11)9-22-14(23)7-8-21-13-6-5-12(18)15(19)16(13)20/h1-6,21H,7-9H2,(H,22,23). The Morgan fingerprint density at radius 2 is 1.61 bits per heavy atom. The SMILES string of the molecule is O=C(CCNc1ccc(F)c(F)c1F)NCc1ccc(F)cc1. The number of halogens is 4. The molecule has 0 bridgehead atoms. The van der Waals surface area contributed by atoms with Crippen molar-refractivity contribution in [3.63, 3.8) is 0 Å². The molecular formula is C16H14F4N2O. The molecule has 3 nitrogen and oxygen atoms in total. The van der Waals surface area contributed by atoms with E-state index in [9.17, 15) is 22.4 Å². The maximum atomic E-state index is 13.4. The Labute approximate surface area is 130 Å². The lowest BCUT2D eigenvalue weighted by atomic mass is 10.2. The summed E-state index contributed by atoms with van der Waals surface area (Å²) in [7, 11) is 0. The van der Waals surface area contributed by atoms with Gasteiger partial charge in [-0.1, -0.05) is 12.1 Å². The minimum Gasteiger partial charge on any atom is -0.382 e. The second-order valence-corrected chi connectivity index (χ2v) is 4.80. The fourth-order valence-corrected chi connectivity index (χ4v) is 1.86. The lowest BCUT2D eigenvalue weighted by Gasteiger charge is -2.09. The molecule has 0 heterocycles. The van der Waals surface area contributed by atoms with Crippen molar-refractivity contribution in [2.45, 2.75) is 13.0 Å². The van der Waals surface area contributed by atoms with E-state index in [1.54, 1.807) is 12.1 Å². The van der Waals surface area contributed by atoms with Crippen LogP contribution in [0, 0.1) is 23.3 Å². The highest BCUT2D eigenvalue weighted by molar-refractivity contribution is 5.76. The molecule has 0 unspecified atom stereocenters. The zero-order chi connectivity index (χ0) is 16.8. The first-order chi connectivity index (χ1) is 11.0. The Morgan fingerprint density at radius 3 is 2.30 bits per heavy atom. The van der Waals surface area contributed by atoms with E-state index in [1.165, 1.54) is 12.1 Å². The normalized spacial score (nSPS) is 10.4. The summed E-state index contributed by atoms with van der Waals surface area (Å²) in [6, 6.07) is 7.53. The molecule has 7 heteroatoms. The smallest absolute Gasteiger partial charge is 0.222 e. The summed E-state index contributed by atoms with van der Waals surface area (Å²) in [6.07, 6.45) is 0.0135. The minimum absolute atomic E-state index is 0.0135. The van der Waals surface area contributed by atoms with E-state index in [0.29, 0.717) is 0 Å². The molecule has 2 N–H and O–H groups in total. The number of hydrogen-bond donors (Lipinski definition) is 2. The van der Waals surface area contributed by atoms with Gasteiger partial charge < -0.3 is 10.6 Å². The van der Waals surface area contributed by atoms with Gasteiger partial charge in [-0.3, -0.25) is 4.79 Å². The largest absolute Gasteiger partial charge is 0.382 e. The zero-order valence-corrected chi connectivity index (χ0v) is 12.0. The van der Waals surface area contributed by atoms with Gasteiger partial charge in [0.25, 0.3) is 0 Å². The van der Waals surface area contributed by atoms with Gasteiger partial charge in [-0.2, -0.15) is 0 Å². The number of anilines is 1. The fraction of sp³-hybridized carbons (Fsp3) is 0.188. The van der Waals surface area contributed by atoms with E-state index in [2.05, 4.69) is 10.6 Å². The summed E-state index contributed by atoms with van der Waals surface area (Å²) in [6.45, 7) is 0.288. The van der Waals surface area contributed by atoms with Gasteiger partial charge in [-0.15, -0.1) is 0 Å². The van der Waals surface area contributed by atoms with Crippen molar-refractivity contribution in [1.82, 2.24) is 5.32 Å². The molecule has 0 spiro atoms. The molecule has 1 amide bonds. The van der Waals surface area contributed by atoms with Crippen LogP contribution in [-0.4, -0.2) is 12.5 Å². The summed E-state index contributed by atoms with van der Waals surface area (Å²) >= 11 is 0. The maximum Gasteiger partial charge on any atom is 0.222 e. The van der Waals surface area contributed by atoms with E-state index >= 15 is 0 Å². The van der Waals surface area contributed by atoms with Crippen molar-refractivity contribution < 1.29 is 22.4 Å². The van der Waals surface area contributed by atoms with Crippen LogP contribution >= 0.6 is 0 Å². The molecular weight excluding hydrogens is 312 g/mol. The first-order valence-electron chi connectivity index (χ1n) is 6.86. The molecule has 0 aliphatic rings. The molecule has 0 saturated heterocycles. The molecule has 23 heavy (non-hydrogen) atoms. The summed E-state index contributed by atoms with van der Waals surface area (Å²) < 4.78 is 51.9. The van der Waals surface area contributed by atoms with Gasteiger partial charge in [-0.25, -0.2) is 17.6 Å². The number of amides is 1. The van der Waals surface area contributed by atoms with Gasteiger partial charge >= 0.3 is 0 Å². The van der Waals surface area contributed by atoms with E-state index in [4.69, 9.17) is 0 Å². The van der Waals surface area contributed by atoms with Crippen LogP contribution in [0.25, 0.3) is 0 Å². The average molecular weight is 326 g/mol. The Balaban J connectivity index is 1.77. The van der Waals surface area contributed by atoms with Gasteiger partial charge in [-0.05, 0) is 29.8 Å². The Kier molecular flexibility index (Phi) is 5.56. The van der Waals surface area contributed by atoms with Crippen LogP contribution in [0.15, 0.2) is 36.4 Å². The molecule has 0 saturated carbocycles. The number of carbonyl (C=O) groups is 1. The van der Waals surface area contributed by atoms with Crippen LogP contribution in [0.3, 0.4) is 0 Å². The van der Waals surface area contributed by atoms with Crippen molar-refractivity contribution >= 4 is 11.6 Å². The summed E-state index contributed by atoms with van der Waals surface area (Å²) in [5.41, 5.74) is 0.523. The van der Waals surface area contributed by atoms with E-state index < -0.39 is 17.5 Å². The quantitative estimate of drug-likeness (QED) is 0.631. The zero-order valence-electron chi connectivity index (χ0n) is 12.0. The monoisotopic (exact) mass is 326 g/mol. The molecule has 2 aromatic rings.